The molecule has 2 fully saturated rings. The van der Waals surface area contributed by atoms with Crippen LogP contribution in [0.3, 0.4) is 0 Å². The summed E-state index contributed by atoms with van der Waals surface area (Å²) in [5.74, 6) is -0.517. The summed E-state index contributed by atoms with van der Waals surface area (Å²) in [6.45, 7) is 3.90. The molecule has 2 heterocycles. The fraction of sp³-hybridized carbons (Fsp3) is 0.533. The first-order valence-electron chi connectivity index (χ1n) is 6.98. The minimum atomic E-state index is -0.275. The van der Waals surface area contributed by atoms with Gasteiger partial charge in [-0.25, -0.2) is 4.39 Å². The van der Waals surface area contributed by atoms with Crippen molar-refractivity contribution in [2.75, 3.05) is 32.8 Å². The summed E-state index contributed by atoms with van der Waals surface area (Å²) in [6, 6.07) is 6.17. The maximum absolute atomic E-state index is 12.9. The van der Waals surface area contributed by atoms with Gasteiger partial charge >= 0.3 is 5.97 Å². The molecule has 2 atom stereocenters. The molecule has 0 bridgehead atoms. The first kappa shape index (κ1) is 13.5. The van der Waals surface area contributed by atoms with Crippen LogP contribution in [-0.4, -0.2) is 43.7 Å². The van der Waals surface area contributed by atoms with E-state index in [-0.39, 0.29) is 23.8 Å². The molecule has 0 saturated carbocycles. The second kappa shape index (κ2) is 5.89. The molecule has 0 amide bonds. The zero-order valence-corrected chi connectivity index (χ0v) is 11.3. The highest BCUT2D eigenvalue weighted by Gasteiger charge is 2.36. The molecule has 0 N–H and O–H groups in total. The number of carbonyl (C=O) groups excluding carboxylic acids is 1. The third kappa shape index (κ3) is 2.99. The molecule has 0 radical (unpaired) electrons. The molecule has 3 rings (SSSR count). The Morgan fingerprint density at radius 2 is 1.90 bits per heavy atom. The Hall–Kier alpha value is -1.46. The van der Waals surface area contributed by atoms with Crippen LogP contribution in [0.1, 0.15) is 18.1 Å². The summed E-state index contributed by atoms with van der Waals surface area (Å²) in [5, 5.41) is 0. The monoisotopic (exact) mass is 279 g/mol. The highest BCUT2D eigenvalue weighted by molar-refractivity contribution is 5.75. The minimum absolute atomic E-state index is 0.0943. The molecule has 2 aliphatic rings. The van der Waals surface area contributed by atoms with E-state index in [1.165, 1.54) is 12.1 Å². The van der Waals surface area contributed by atoms with E-state index in [1.807, 2.05) is 0 Å². The molecule has 2 aliphatic heterocycles. The average Bonchev–Trinajstić information content (AvgIpc) is 2.82. The molecular weight excluding hydrogens is 261 g/mol. The number of esters is 1. The fourth-order valence-corrected chi connectivity index (χ4v) is 2.77. The van der Waals surface area contributed by atoms with Crippen molar-refractivity contribution in [3.05, 3.63) is 35.6 Å². The maximum Gasteiger partial charge on any atom is 0.311 e. The summed E-state index contributed by atoms with van der Waals surface area (Å²) in [7, 11) is 0. The van der Waals surface area contributed by atoms with E-state index >= 15 is 0 Å². The van der Waals surface area contributed by atoms with Crippen LogP contribution in [-0.2, 0) is 14.3 Å². The highest BCUT2D eigenvalue weighted by Crippen LogP contribution is 2.34. The summed E-state index contributed by atoms with van der Waals surface area (Å²) >= 11 is 0. The number of cyclic esters (lactones) is 1. The van der Waals surface area contributed by atoms with Gasteiger partial charge in [0, 0.05) is 26.1 Å². The number of halogens is 1. The lowest BCUT2D eigenvalue weighted by Crippen LogP contribution is -2.40. The van der Waals surface area contributed by atoms with Gasteiger partial charge in [-0.1, -0.05) is 12.1 Å². The standard InChI is InChI=1S/C15H18FNO3/c16-13-3-1-11(2-4-13)14-9-12(15(18)20-14)10-17-5-7-19-8-6-17/h1-4,12,14H,5-10H2/t12-,14+/m1/s1. The largest absolute Gasteiger partial charge is 0.457 e. The molecule has 4 nitrogen and oxygen atoms in total. The van der Waals surface area contributed by atoms with Crippen LogP contribution < -0.4 is 0 Å². The summed E-state index contributed by atoms with van der Waals surface area (Å²) < 4.78 is 23.6. The van der Waals surface area contributed by atoms with Crippen LogP contribution in [0.25, 0.3) is 0 Å². The first-order chi connectivity index (χ1) is 9.72. The van der Waals surface area contributed by atoms with E-state index in [1.54, 1.807) is 12.1 Å². The predicted molar refractivity (Wildman–Crippen MR) is 70.6 cm³/mol. The van der Waals surface area contributed by atoms with Gasteiger partial charge in [-0.15, -0.1) is 0 Å². The predicted octanol–water partition coefficient (Wildman–Crippen LogP) is 1.76. The molecule has 0 aliphatic carbocycles. The van der Waals surface area contributed by atoms with Crippen LogP contribution in [0, 0.1) is 11.7 Å². The molecule has 1 aromatic rings. The van der Waals surface area contributed by atoms with Crippen molar-refractivity contribution in [3.8, 4) is 0 Å². The van der Waals surface area contributed by atoms with Gasteiger partial charge in [0.1, 0.15) is 11.9 Å². The van der Waals surface area contributed by atoms with Crippen LogP contribution in [0.4, 0.5) is 4.39 Å². The van der Waals surface area contributed by atoms with Gasteiger partial charge in [-0.2, -0.15) is 0 Å². The molecule has 0 spiro atoms. The second-order valence-electron chi connectivity index (χ2n) is 5.32. The zero-order valence-electron chi connectivity index (χ0n) is 11.3. The Balaban J connectivity index is 1.61. The summed E-state index contributed by atoms with van der Waals surface area (Å²) in [5.41, 5.74) is 0.865. The lowest BCUT2D eigenvalue weighted by atomic mass is 9.99. The van der Waals surface area contributed by atoms with E-state index in [2.05, 4.69) is 4.90 Å². The third-order valence-corrected chi connectivity index (χ3v) is 3.91. The Morgan fingerprint density at radius 1 is 1.20 bits per heavy atom. The van der Waals surface area contributed by atoms with E-state index in [0.717, 1.165) is 38.4 Å². The van der Waals surface area contributed by atoms with Crippen LogP contribution in [0.5, 0.6) is 0 Å². The van der Waals surface area contributed by atoms with Gasteiger partial charge < -0.3 is 9.47 Å². The van der Waals surface area contributed by atoms with Crippen molar-refractivity contribution >= 4 is 5.97 Å². The number of hydrogen-bond donors (Lipinski definition) is 0. The normalized spacial score (nSPS) is 27.6. The van der Waals surface area contributed by atoms with E-state index in [0.29, 0.717) is 6.42 Å². The zero-order chi connectivity index (χ0) is 13.9. The fourth-order valence-electron chi connectivity index (χ4n) is 2.77. The van der Waals surface area contributed by atoms with Crippen molar-refractivity contribution in [1.29, 1.82) is 0 Å². The van der Waals surface area contributed by atoms with Crippen molar-refractivity contribution in [2.24, 2.45) is 5.92 Å². The van der Waals surface area contributed by atoms with Crippen molar-refractivity contribution in [1.82, 2.24) is 4.90 Å². The number of hydrogen-bond acceptors (Lipinski definition) is 4. The van der Waals surface area contributed by atoms with Crippen molar-refractivity contribution < 1.29 is 18.7 Å². The average molecular weight is 279 g/mol. The number of rotatable bonds is 3. The molecule has 5 heteroatoms. The topological polar surface area (TPSA) is 38.8 Å². The Labute approximate surface area is 117 Å². The second-order valence-corrected chi connectivity index (χ2v) is 5.32. The number of morpholine rings is 1. The van der Waals surface area contributed by atoms with Gasteiger partial charge in [-0.05, 0) is 17.7 Å². The molecule has 0 unspecified atom stereocenters. The van der Waals surface area contributed by atoms with Crippen LogP contribution in [0.2, 0.25) is 0 Å². The summed E-state index contributed by atoms with van der Waals surface area (Å²) in [6.07, 6.45) is 0.427. The van der Waals surface area contributed by atoms with Gasteiger partial charge in [-0.3, -0.25) is 9.69 Å². The number of nitrogens with zero attached hydrogens (tertiary/aromatic N) is 1. The minimum Gasteiger partial charge on any atom is -0.457 e. The molecule has 108 valence electrons. The lowest BCUT2D eigenvalue weighted by molar-refractivity contribution is -0.145. The number of ether oxygens (including phenoxy) is 2. The Kier molecular flexibility index (Phi) is 3.98. The van der Waals surface area contributed by atoms with Crippen molar-refractivity contribution in [2.45, 2.75) is 12.5 Å². The lowest BCUT2D eigenvalue weighted by Gasteiger charge is -2.27. The highest BCUT2D eigenvalue weighted by atomic mass is 19.1. The Bertz CT molecular complexity index is 471. The third-order valence-electron chi connectivity index (χ3n) is 3.91. The van der Waals surface area contributed by atoms with Gasteiger partial charge in [0.15, 0.2) is 0 Å². The van der Waals surface area contributed by atoms with Gasteiger partial charge in [0.25, 0.3) is 0 Å². The maximum atomic E-state index is 12.9. The Morgan fingerprint density at radius 3 is 2.60 bits per heavy atom. The first-order valence-corrected chi connectivity index (χ1v) is 6.98. The quantitative estimate of drug-likeness (QED) is 0.790. The molecule has 20 heavy (non-hydrogen) atoms. The molecule has 0 aromatic heterocycles. The van der Waals surface area contributed by atoms with Crippen LogP contribution in [0.15, 0.2) is 24.3 Å². The van der Waals surface area contributed by atoms with Crippen molar-refractivity contribution in [3.63, 3.8) is 0 Å². The van der Waals surface area contributed by atoms with E-state index in [9.17, 15) is 9.18 Å². The summed E-state index contributed by atoms with van der Waals surface area (Å²) in [4.78, 5) is 14.2. The van der Waals surface area contributed by atoms with E-state index < -0.39 is 0 Å². The number of carbonyl (C=O) groups is 1. The molecule has 1 aromatic carbocycles. The van der Waals surface area contributed by atoms with Gasteiger partial charge in [0.2, 0.25) is 0 Å². The van der Waals surface area contributed by atoms with Gasteiger partial charge in [0.05, 0.1) is 19.1 Å². The molecule has 2 saturated heterocycles. The smallest absolute Gasteiger partial charge is 0.311 e. The molecular formula is C15H18FNO3. The van der Waals surface area contributed by atoms with E-state index in [4.69, 9.17) is 9.47 Å². The SMILES string of the molecule is O=C1O[C@H](c2ccc(F)cc2)C[C@@H]1CN1CCOCC1. The number of benzene rings is 1. The van der Waals surface area contributed by atoms with Crippen LogP contribution >= 0.6 is 0 Å².